The van der Waals surface area contributed by atoms with Gasteiger partial charge >= 0.3 is 12.4 Å². The van der Waals surface area contributed by atoms with E-state index in [1.54, 1.807) is 12.1 Å². The van der Waals surface area contributed by atoms with Gasteiger partial charge in [0.25, 0.3) is 0 Å². The monoisotopic (exact) mass is 620 g/mol. The van der Waals surface area contributed by atoms with Gasteiger partial charge in [-0.1, -0.05) is 48.0 Å². The van der Waals surface area contributed by atoms with Gasteiger partial charge in [0, 0.05) is 18.8 Å². The summed E-state index contributed by atoms with van der Waals surface area (Å²) >= 11 is 5.85. The van der Waals surface area contributed by atoms with Crippen molar-refractivity contribution in [3.63, 3.8) is 0 Å². The Balaban J connectivity index is 1.30. The highest BCUT2D eigenvalue weighted by atomic mass is 35.5. The molecule has 4 nitrogen and oxygen atoms in total. The van der Waals surface area contributed by atoms with Crippen LogP contribution in [0.2, 0.25) is 5.02 Å². The lowest BCUT2D eigenvalue weighted by Gasteiger charge is -2.42. The van der Waals surface area contributed by atoms with E-state index in [4.69, 9.17) is 16.3 Å². The number of aliphatic hydroxyl groups is 1. The van der Waals surface area contributed by atoms with Crippen LogP contribution in [0.15, 0.2) is 91.1 Å². The number of ether oxygens (including phenoxy) is 1. The van der Waals surface area contributed by atoms with Crippen molar-refractivity contribution < 1.29 is 36.2 Å². The number of benzene rings is 3. The van der Waals surface area contributed by atoms with Crippen LogP contribution in [0.1, 0.15) is 40.7 Å². The maximum atomic E-state index is 13.2. The molecule has 0 atom stereocenters. The summed E-state index contributed by atoms with van der Waals surface area (Å²) < 4.78 is 85.0. The zero-order chi connectivity index (χ0) is 30.8. The van der Waals surface area contributed by atoms with E-state index in [-0.39, 0.29) is 11.1 Å². The van der Waals surface area contributed by atoms with Crippen molar-refractivity contribution in [3.8, 4) is 11.6 Å². The van der Waals surface area contributed by atoms with Crippen LogP contribution in [0.5, 0.6) is 11.6 Å². The Morgan fingerprint density at radius 3 is 1.65 bits per heavy atom. The fraction of sp³-hybridized carbons (Fsp3) is 0.281. The zero-order valence-electron chi connectivity index (χ0n) is 22.7. The largest absolute Gasteiger partial charge is 0.439 e. The molecule has 0 bridgehead atoms. The lowest BCUT2D eigenvalue weighted by atomic mass is 9.71. The second-order valence-electron chi connectivity index (χ2n) is 10.5. The van der Waals surface area contributed by atoms with Crippen molar-refractivity contribution >= 4 is 11.6 Å². The zero-order valence-corrected chi connectivity index (χ0v) is 23.4. The van der Waals surface area contributed by atoms with Gasteiger partial charge in [-0.15, -0.1) is 0 Å². The SMILES string of the molecule is OC(c1ccc(C(F)(F)F)cc1)(c1ccc(C(F)(F)F)cc1)C1CCN(Cc2ccc(Oc3ccc(Cl)cn3)cc2)CC1. The Labute approximate surface area is 249 Å². The molecule has 1 aromatic heterocycles. The molecule has 5 rings (SSSR count). The van der Waals surface area contributed by atoms with E-state index in [2.05, 4.69) is 9.88 Å². The van der Waals surface area contributed by atoms with Crippen molar-refractivity contribution in [1.29, 1.82) is 0 Å². The molecule has 1 aliphatic heterocycles. The van der Waals surface area contributed by atoms with Gasteiger partial charge in [0.2, 0.25) is 5.88 Å². The molecular formula is C32H27ClF6N2O2. The Kier molecular flexibility index (Phi) is 8.74. The first-order chi connectivity index (χ1) is 20.3. The van der Waals surface area contributed by atoms with Crippen molar-refractivity contribution in [1.82, 2.24) is 9.88 Å². The summed E-state index contributed by atoms with van der Waals surface area (Å²) in [6.07, 6.45) is -6.68. The summed E-state index contributed by atoms with van der Waals surface area (Å²) in [6.45, 7) is 1.76. The number of likely N-dealkylation sites (tertiary alicyclic amines) is 1. The fourth-order valence-corrected chi connectivity index (χ4v) is 5.55. The average molecular weight is 621 g/mol. The van der Waals surface area contributed by atoms with E-state index in [0.29, 0.717) is 49.1 Å². The third kappa shape index (κ3) is 7.14. The van der Waals surface area contributed by atoms with Gasteiger partial charge < -0.3 is 9.84 Å². The molecular weight excluding hydrogens is 594 g/mol. The molecule has 43 heavy (non-hydrogen) atoms. The van der Waals surface area contributed by atoms with Gasteiger partial charge in [-0.2, -0.15) is 26.3 Å². The lowest BCUT2D eigenvalue weighted by molar-refractivity contribution is -0.138. The Bertz CT molecular complexity index is 1440. The first kappa shape index (κ1) is 30.8. The molecule has 1 N–H and O–H groups in total. The van der Waals surface area contributed by atoms with E-state index in [0.717, 1.165) is 29.8 Å². The van der Waals surface area contributed by atoms with E-state index >= 15 is 0 Å². The maximum absolute atomic E-state index is 13.2. The van der Waals surface area contributed by atoms with Crippen LogP contribution >= 0.6 is 11.6 Å². The number of aromatic nitrogens is 1. The maximum Gasteiger partial charge on any atom is 0.416 e. The quantitative estimate of drug-likeness (QED) is 0.210. The van der Waals surface area contributed by atoms with Crippen molar-refractivity contribution in [2.24, 2.45) is 5.92 Å². The van der Waals surface area contributed by atoms with Crippen LogP contribution in [0, 0.1) is 5.92 Å². The summed E-state index contributed by atoms with van der Waals surface area (Å²) in [6, 6.07) is 19.2. The predicted octanol–water partition coefficient (Wildman–Crippen LogP) is 8.71. The first-order valence-electron chi connectivity index (χ1n) is 13.5. The Morgan fingerprint density at radius 1 is 0.721 bits per heavy atom. The molecule has 1 fully saturated rings. The van der Waals surface area contributed by atoms with E-state index in [1.165, 1.54) is 30.5 Å². The minimum atomic E-state index is -4.56. The lowest BCUT2D eigenvalue weighted by Crippen LogP contribution is -2.44. The minimum absolute atomic E-state index is 0.199. The molecule has 0 spiro atoms. The molecule has 0 unspecified atom stereocenters. The second-order valence-corrected chi connectivity index (χ2v) is 11.0. The highest BCUT2D eigenvalue weighted by molar-refractivity contribution is 6.30. The standard InChI is InChI=1S/C32H27ClF6N2O2/c33-27-11-14-29(40-19-27)43-28-12-1-21(2-13-28)20-41-17-15-24(16-18-41)30(42,22-3-7-25(8-4-22)31(34,35)36)23-5-9-26(10-6-23)32(37,38)39/h1-14,19,24,42H,15-18,20H2. The van der Waals surface area contributed by atoms with Crippen LogP contribution in [0.4, 0.5) is 26.3 Å². The number of hydrogen-bond acceptors (Lipinski definition) is 4. The number of piperidine rings is 1. The first-order valence-corrected chi connectivity index (χ1v) is 13.9. The highest BCUT2D eigenvalue weighted by Gasteiger charge is 2.43. The number of rotatable bonds is 7. The van der Waals surface area contributed by atoms with Crippen molar-refractivity contribution in [2.45, 2.75) is 37.3 Å². The fourth-order valence-electron chi connectivity index (χ4n) is 5.44. The second kappa shape index (κ2) is 12.2. The molecule has 2 heterocycles. The van der Waals surface area contributed by atoms with Gasteiger partial charge in [0.1, 0.15) is 11.4 Å². The van der Waals surface area contributed by atoms with E-state index in [9.17, 15) is 31.4 Å². The predicted molar refractivity (Wildman–Crippen MR) is 150 cm³/mol. The summed E-state index contributed by atoms with van der Waals surface area (Å²) in [5.74, 6) is 0.572. The molecule has 0 aliphatic carbocycles. The number of pyridine rings is 1. The third-order valence-electron chi connectivity index (χ3n) is 7.74. The van der Waals surface area contributed by atoms with Crippen LogP contribution < -0.4 is 4.74 Å². The number of alkyl halides is 6. The van der Waals surface area contributed by atoms with Crippen LogP contribution in [-0.4, -0.2) is 28.1 Å². The Hall–Kier alpha value is -3.60. The smallest absolute Gasteiger partial charge is 0.416 e. The van der Waals surface area contributed by atoms with Gasteiger partial charge in [-0.05, 0) is 91.0 Å². The molecule has 226 valence electrons. The van der Waals surface area contributed by atoms with Crippen molar-refractivity contribution in [2.75, 3.05) is 13.1 Å². The minimum Gasteiger partial charge on any atom is -0.439 e. The van der Waals surface area contributed by atoms with Crippen molar-refractivity contribution in [3.05, 3.63) is 124 Å². The summed E-state index contributed by atoms with van der Waals surface area (Å²) in [4.78, 5) is 6.29. The van der Waals surface area contributed by atoms with Crippen LogP contribution in [-0.2, 0) is 24.5 Å². The van der Waals surface area contributed by atoms with Gasteiger partial charge in [-0.3, -0.25) is 4.90 Å². The molecule has 11 heteroatoms. The van der Waals surface area contributed by atoms with Gasteiger partial charge in [0.15, 0.2) is 0 Å². The summed E-state index contributed by atoms with van der Waals surface area (Å²) in [5, 5.41) is 12.6. The normalized spacial score (nSPS) is 15.4. The summed E-state index contributed by atoms with van der Waals surface area (Å²) in [7, 11) is 0. The Morgan fingerprint density at radius 2 is 1.21 bits per heavy atom. The summed E-state index contributed by atoms with van der Waals surface area (Å²) in [5.41, 5.74) is -2.11. The molecule has 0 radical (unpaired) electrons. The molecule has 4 aromatic rings. The molecule has 3 aromatic carbocycles. The van der Waals surface area contributed by atoms with E-state index in [1.807, 2.05) is 24.3 Å². The molecule has 0 amide bonds. The topological polar surface area (TPSA) is 45.6 Å². The van der Waals surface area contributed by atoms with Gasteiger partial charge in [0.05, 0.1) is 16.1 Å². The number of nitrogens with zero attached hydrogens (tertiary/aromatic N) is 2. The highest BCUT2D eigenvalue weighted by Crippen LogP contribution is 2.44. The third-order valence-corrected chi connectivity index (χ3v) is 7.96. The number of halogens is 7. The van der Waals surface area contributed by atoms with Crippen LogP contribution in [0.3, 0.4) is 0 Å². The number of hydrogen-bond donors (Lipinski definition) is 1. The molecule has 1 aliphatic rings. The average Bonchev–Trinajstić information content (AvgIpc) is 2.98. The molecule has 0 saturated carbocycles. The molecule has 1 saturated heterocycles. The van der Waals surface area contributed by atoms with E-state index < -0.39 is 35.0 Å². The van der Waals surface area contributed by atoms with Gasteiger partial charge in [-0.25, -0.2) is 4.98 Å². The van der Waals surface area contributed by atoms with Crippen LogP contribution in [0.25, 0.3) is 0 Å².